The third-order valence-electron chi connectivity index (χ3n) is 4.57. The zero-order chi connectivity index (χ0) is 14.6. The fourth-order valence-electron chi connectivity index (χ4n) is 3.16. The van der Waals surface area contributed by atoms with Crippen molar-refractivity contribution in [2.45, 2.75) is 45.6 Å². The highest BCUT2D eigenvalue weighted by Gasteiger charge is 2.31. The number of halogens is 1. The quantitative estimate of drug-likeness (QED) is 0.830. The molecule has 1 aromatic carbocycles. The van der Waals surface area contributed by atoms with Crippen molar-refractivity contribution in [3.05, 3.63) is 22.7 Å². The van der Waals surface area contributed by atoms with Crippen molar-refractivity contribution >= 4 is 11.6 Å². The first-order valence-electron chi connectivity index (χ1n) is 7.36. The molecule has 0 atom stereocenters. The van der Waals surface area contributed by atoms with Crippen LogP contribution in [0.3, 0.4) is 0 Å². The summed E-state index contributed by atoms with van der Waals surface area (Å²) in [5.74, 6) is 0.613. The molecule has 0 unspecified atom stereocenters. The second-order valence-electron chi connectivity index (χ2n) is 5.78. The summed E-state index contributed by atoms with van der Waals surface area (Å²) in [4.78, 5) is 0. The van der Waals surface area contributed by atoms with Crippen molar-refractivity contribution < 1.29 is 9.84 Å². The Labute approximate surface area is 126 Å². The number of nitrogens with one attached hydrogen (secondary N) is 1. The van der Waals surface area contributed by atoms with Gasteiger partial charge in [0.15, 0.2) is 11.5 Å². The summed E-state index contributed by atoms with van der Waals surface area (Å²) in [6, 6.07) is 3.42. The number of rotatable bonds is 6. The van der Waals surface area contributed by atoms with E-state index in [1.54, 1.807) is 12.1 Å². The molecule has 2 rings (SSSR count). The van der Waals surface area contributed by atoms with Gasteiger partial charge in [-0.3, -0.25) is 0 Å². The predicted octanol–water partition coefficient (Wildman–Crippen LogP) is 4.11. The number of aromatic hydroxyl groups is 1. The molecule has 0 bridgehead atoms. The Balaban J connectivity index is 1.99. The molecular formula is C16H24ClNO2. The molecule has 1 aromatic rings. The maximum atomic E-state index is 10.1. The SMILES string of the molecule is CCC1(CNCc2cc(Cl)cc(OC)c2O)CCCC1. The van der Waals surface area contributed by atoms with E-state index in [2.05, 4.69) is 12.2 Å². The van der Waals surface area contributed by atoms with Crippen molar-refractivity contribution in [3.63, 3.8) is 0 Å². The summed E-state index contributed by atoms with van der Waals surface area (Å²) in [5.41, 5.74) is 1.23. The Kier molecular flexibility index (Phi) is 5.17. The van der Waals surface area contributed by atoms with Crippen LogP contribution in [0.5, 0.6) is 11.5 Å². The topological polar surface area (TPSA) is 41.5 Å². The van der Waals surface area contributed by atoms with Crippen molar-refractivity contribution in [1.82, 2.24) is 5.32 Å². The smallest absolute Gasteiger partial charge is 0.162 e. The summed E-state index contributed by atoms with van der Waals surface area (Å²) in [5, 5.41) is 14.2. The van der Waals surface area contributed by atoms with Crippen LogP contribution in [-0.4, -0.2) is 18.8 Å². The van der Waals surface area contributed by atoms with E-state index < -0.39 is 0 Å². The Hall–Kier alpha value is -0.930. The highest BCUT2D eigenvalue weighted by atomic mass is 35.5. The highest BCUT2D eigenvalue weighted by molar-refractivity contribution is 6.30. The Morgan fingerprint density at radius 3 is 2.65 bits per heavy atom. The maximum Gasteiger partial charge on any atom is 0.162 e. The fraction of sp³-hybridized carbons (Fsp3) is 0.625. The Morgan fingerprint density at radius 1 is 1.35 bits per heavy atom. The summed E-state index contributed by atoms with van der Waals surface area (Å²) in [6.45, 7) is 3.88. The third kappa shape index (κ3) is 3.39. The van der Waals surface area contributed by atoms with Gasteiger partial charge >= 0.3 is 0 Å². The van der Waals surface area contributed by atoms with E-state index in [9.17, 15) is 5.11 Å². The fourth-order valence-corrected chi connectivity index (χ4v) is 3.39. The van der Waals surface area contributed by atoms with Gasteiger partial charge in [0, 0.05) is 29.7 Å². The molecule has 0 spiro atoms. The van der Waals surface area contributed by atoms with Gasteiger partial charge in [-0.25, -0.2) is 0 Å². The van der Waals surface area contributed by atoms with Gasteiger partial charge in [-0.15, -0.1) is 0 Å². The first-order chi connectivity index (χ1) is 9.60. The number of phenols is 1. The van der Waals surface area contributed by atoms with Gasteiger partial charge < -0.3 is 15.2 Å². The van der Waals surface area contributed by atoms with E-state index in [1.807, 2.05) is 0 Å². The standard InChI is InChI=1S/C16H24ClNO2/c1-3-16(6-4-5-7-16)11-18-10-12-8-13(17)9-14(20-2)15(12)19/h8-9,18-19H,3-7,10-11H2,1-2H3. The molecule has 1 aliphatic carbocycles. The van der Waals surface area contributed by atoms with E-state index in [-0.39, 0.29) is 5.75 Å². The average molecular weight is 298 g/mol. The van der Waals surface area contributed by atoms with Crippen LogP contribution >= 0.6 is 11.6 Å². The van der Waals surface area contributed by atoms with Crippen LogP contribution in [0, 0.1) is 5.41 Å². The molecule has 1 saturated carbocycles. The molecule has 4 heteroatoms. The van der Waals surface area contributed by atoms with Gasteiger partial charge in [0.25, 0.3) is 0 Å². The van der Waals surface area contributed by atoms with E-state index in [1.165, 1.54) is 39.2 Å². The number of methoxy groups -OCH3 is 1. The van der Waals surface area contributed by atoms with Crippen molar-refractivity contribution in [2.24, 2.45) is 5.41 Å². The van der Waals surface area contributed by atoms with Crippen LogP contribution in [0.15, 0.2) is 12.1 Å². The Morgan fingerprint density at radius 2 is 2.05 bits per heavy atom. The van der Waals surface area contributed by atoms with E-state index >= 15 is 0 Å². The molecule has 0 saturated heterocycles. The van der Waals surface area contributed by atoms with Crippen LogP contribution in [0.4, 0.5) is 0 Å². The van der Waals surface area contributed by atoms with Crippen molar-refractivity contribution in [1.29, 1.82) is 0 Å². The summed E-state index contributed by atoms with van der Waals surface area (Å²) >= 11 is 6.04. The van der Waals surface area contributed by atoms with Crippen LogP contribution in [0.25, 0.3) is 0 Å². The number of ether oxygens (including phenoxy) is 1. The molecule has 0 radical (unpaired) electrons. The van der Waals surface area contributed by atoms with Gasteiger partial charge in [-0.1, -0.05) is 31.4 Å². The van der Waals surface area contributed by atoms with Gasteiger partial charge in [-0.2, -0.15) is 0 Å². The lowest BCUT2D eigenvalue weighted by Gasteiger charge is -2.28. The number of phenolic OH excluding ortho intramolecular Hbond substituents is 1. The minimum absolute atomic E-state index is 0.182. The zero-order valence-electron chi connectivity index (χ0n) is 12.3. The van der Waals surface area contributed by atoms with Gasteiger partial charge in [-0.05, 0) is 30.7 Å². The molecule has 0 heterocycles. The second kappa shape index (κ2) is 6.68. The number of hydrogen-bond acceptors (Lipinski definition) is 3. The lowest BCUT2D eigenvalue weighted by Crippen LogP contribution is -2.31. The molecule has 2 N–H and O–H groups in total. The molecule has 20 heavy (non-hydrogen) atoms. The van der Waals surface area contributed by atoms with Crippen LogP contribution in [-0.2, 0) is 6.54 Å². The lowest BCUT2D eigenvalue weighted by molar-refractivity contribution is 0.267. The number of benzene rings is 1. The molecule has 1 fully saturated rings. The zero-order valence-corrected chi connectivity index (χ0v) is 13.1. The first-order valence-corrected chi connectivity index (χ1v) is 7.74. The minimum atomic E-state index is 0.182. The maximum absolute atomic E-state index is 10.1. The molecule has 3 nitrogen and oxygen atoms in total. The largest absolute Gasteiger partial charge is 0.504 e. The molecule has 0 aliphatic heterocycles. The van der Waals surface area contributed by atoms with Crippen molar-refractivity contribution in [3.8, 4) is 11.5 Å². The second-order valence-corrected chi connectivity index (χ2v) is 6.22. The lowest BCUT2D eigenvalue weighted by atomic mass is 9.83. The van der Waals surface area contributed by atoms with Crippen molar-refractivity contribution in [2.75, 3.05) is 13.7 Å². The van der Waals surface area contributed by atoms with Crippen LogP contribution in [0.1, 0.15) is 44.6 Å². The van der Waals surface area contributed by atoms with E-state index in [0.717, 1.165) is 12.1 Å². The van der Waals surface area contributed by atoms with Gasteiger partial charge in [0.05, 0.1) is 7.11 Å². The average Bonchev–Trinajstić information content (AvgIpc) is 2.91. The van der Waals surface area contributed by atoms with Gasteiger partial charge in [0.2, 0.25) is 0 Å². The normalized spacial score (nSPS) is 17.4. The summed E-state index contributed by atoms with van der Waals surface area (Å²) < 4.78 is 5.13. The molecule has 0 aromatic heterocycles. The van der Waals surface area contributed by atoms with Gasteiger partial charge in [0.1, 0.15) is 0 Å². The highest BCUT2D eigenvalue weighted by Crippen LogP contribution is 2.40. The summed E-state index contributed by atoms with van der Waals surface area (Å²) in [7, 11) is 1.53. The molecule has 1 aliphatic rings. The summed E-state index contributed by atoms with van der Waals surface area (Å²) in [6.07, 6.45) is 6.51. The van der Waals surface area contributed by atoms with Crippen LogP contribution < -0.4 is 10.1 Å². The predicted molar refractivity (Wildman–Crippen MR) is 82.6 cm³/mol. The monoisotopic (exact) mass is 297 g/mol. The molecular weight excluding hydrogens is 274 g/mol. The molecule has 0 amide bonds. The number of hydrogen-bond donors (Lipinski definition) is 2. The van der Waals surface area contributed by atoms with E-state index in [0.29, 0.717) is 22.7 Å². The third-order valence-corrected chi connectivity index (χ3v) is 4.79. The Bertz CT molecular complexity index is 456. The van der Waals surface area contributed by atoms with Crippen LogP contribution in [0.2, 0.25) is 5.02 Å². The first kappa shape index (κ1) is 15.5. The molecule has 112 valence electrons. The minimum Gasteiger partial charge on any atom is -0.504 e. The van der Waals surface area contributed by atoms with E-state index in [4.69, 9.17) is 16.3 Å².